The van der Waals surface area contributed by atoms with Crippen LogP contribution in [-0.4, -0.2) is 18.5 Å². The molecular weight excluding hydrogens is 272 g/mol. The second-order valence-corrected chi connectivity index (χ2v) is 5.90. The number of halogens is 1. The predicted molar refractivity (Wildman–Crippen MR) is 82.9 cm³/mol. The van der Waals surface area contributed by atoms with Crippen LogP contribution in [0.25, 0.3) is 0 Å². The Hall–Kier alpha value is -1.06. The number of carbonyl (C=O) groups is 1. The lowest BCUT2D eigenvalue weighted by atomic mass is 10.0. The average molecular weight is 295 g/mol. The summed E-state index contributed by atoms with van der Waals surface area (Å²) in [7, 11) is 0. The second-order valence-electron chi connectivity index (χ2n) is 5.50. The molecule has 2 N–H and O–H groups in total. The molecule has 3 nitrogen and oxygen atoms in total. The van der Waals surface area contributed by atoms with Crippen molar-refractivity contribution in [2.24, 2.45) is 0 Å². The number of benzene rings is 1. The number of hydrogen-bond donors (Lipinski definition) is 2. The topological polar surface area (TPSA) is 41.1 Å². The molecule has 1 fully saturated rings. The molecule has 2 rings (SSSR count). The zero-order chi connectivity index (χ0) is 14.4. The summed E-state index contributed by atoms with van der Waals surface area (Å²) in [5.74, 6) is 0.102. The fraction of sp³-hybridized carbons (Fsp3) is 0.562. The molecule has 0 bridgehead atoms. The van der Waals surface area contributed by atoms with E-state index in [1.165, 1.54) is 19.3 Å². The van der Waals surface area contributed by atoms with E-state index >= 15 is 0 Å². The van der Waals surface area contributed by atoms with Gasteiger partial charge in [0.05, 0.1) is 6.04 Å². The maximum Gasteiger partial charge on any atom is 0.220 e. The SMILES string of the molecule is C[C@@H](NC(=O)CCC1CCCCN1)c1ccccc1Cl. The highest BCUT2D eigenvalue weighted by Crippen LogP contribution is 2.22. The molecule has 20 heavy (non-hydrogen) atoms. The number of amides is 1. The maximum absolute atomic E-state index is 12.0. The van der Waals surface area contributed by atoms with Crippen LogP contribution in [0.4, 0.5) is 0 Å². The number of rotatable bonds is 5. The highest BCUT2D eigenvalue weighted by Gasteiger charge is 2.16. The number of nitrogens with one attached hydrogen (secondary N) is 2. The summed E-state index contributed by atoms with van der Waals surface area (Å²) in [4.78, 5) is 12.0. The predicted octanol–water partition coefficient (Wildman–Crippen LogP) is 3.44. The van der Waals surface area contributed by atoms with Gasteiger partial charge in [-0.25, -0.2) is 0 Å². The van der Waals surface area contributed by atoms with E-state index < -0.39 is 0 Å². The Morgan fingerprint density at radius 2 is 2.25 bits per heavy atom. The van der Waals surface area contributed by atoms with Gasteiger partial charge in [-0.3, -0.25) is 4.79 Å². The monoisotopic (exact) mass is 294 g/mol. The normalized spacial score (nSPS) is 20.4. The van der Waals surface area contributed by atoms with E-state index in [4.69, 9.17) is 11.6 Å². The van der Waals surface area contributed by atoms with Crippen LogP contribution in [0.1, 0.15) is 50.6 Å². The molecule has 1 aromatic carbocycles. The summed E-state index contributed by atoms with van der Waals surface area (Å²) in [6.07, 6.45) is 5.21. The molecule has 1 amide bonds. The number of piperidine rings is 1. The van der Waals surface area contributed by atoms with Crippen molar-refractivity contribution in [3.8, 4) is 0 Å². The van der Waals surface area contributed by atoms with Crippen molar-refractivity contribution in [2.75, 3.05) is 6.54 Å². The Balaban J connectivity index is 1.77. The molecule has 0 aromatic heterocycles. The van der Waals surface area contributed by atoms with Gasteiger partial charge in [0, 0.05) is 17.5 Å². The molecule has 0 spiro atoms. The first-order valence-electron chi connectivity index (χ1n) is 7.44. The van der Waals surface area contributed by atoms with E-state index in [1.807, 2.05) is 31.2 Å². The minimum Gasteiger partial charge on any atom is -0.350 e. The molecule has 0 aliphatic carbocycles. The Labute approximate surface area is 126 Å². The number of hydrogen-bond acceptors (Lipinski definition) is 2. The first kappa shape index (κ1) is 15.3. The van der Waals surface area contributed by atoms with Crippen LogP contribution in [0.5, 0.6) is 0 Å². The van der Waals surface area contributed by atoms with Crippen LogP contribution in [0, 0.1) is 0 Å². The fourth-order valence-corrected chi connectivity index (χ4v) is 2.99. The third-order valence-corrected chi connectivity index (χ3v) is 4.23. The summed E-state index contributed by atoms with van der Waals surface area (Å²) >= 11 is 6.14. The van der Waals surface area contributed by atoms with E-state index in [0.29, 0.717) is 17.5 Å². The van der Waals surface area contributed by atoms with Crippen LogP contribution in [0.2, 0.25) is 5.02 Å². The minimum atomic E-state index is -0.0458. The van der Waals surface area contributed by atoms with Crippen molar-refractivity contribution in [1.29, 1.82) is 0 Å². The highest BCUT2D eigenvalue weighted by molar-refractivity contribution is 6.31. The van der Waals surface area contributed by atoms with Crippen molar-refractivity contribution >= 4 is 17.5 Å². The quantitative estimate of drug-likeness (QED) is 0.873. The molecule has 0 radical (unpaired) electrons. The summed E-state index contributed by atoms with van der Waals surface area (Å²) in [6, 6.07) is 8.10. The molecule has 1 heterocycles. The standard InChI is InChI=1S/C16H23ClN2O/c1-12(14-7-2-3-8-15(14)17)19-16(20)10-9-13-6-4-5-11-18-13/h2-3,7-8,12-13,18H,4-6,9-11H2,1H3,(H,19,20)/t12-,13?/m1/s1. The van der Waals surface area contributed by atoms with Gasteiger partial charge in [-0.15, -0.1) is 0 Å². The maximum atomic E-state index is 12.0. The summed E-state index contributed by atoms with van der Waals surface area (Å²) < 4.78 is 0. The summed E-state index contributed by atoms with van der Waals surface area (Å²) in [5, 5.41) is 7.20. The average Bonchev–Trinajstić information content (AvgIpc) is 2.46. The molecule has 1 aliphatic heterocycles. The Morgan fingerprint density at radius 1 is 1.45 bits per heavy atom. The van der Waals surface area contributed by atoms with Crippen molar-refractivity contribution in [1.82, 2.24) is 10.6 Å². The molecule has 0 saturated carbocycles. The van der Waals surface area contributed by atoms with Gasteiger partial charge in [-0.05, 0) is 44.4 Å². The van der Waals surface area contributed by atoms with E-state index in [9.17, 15) is 4.79 Å². The van der Waals surface area contributed by atoms with Crippen molar-refractivity contribution in [3.05, 3.63) is 34.9 Å². The van der Waals surface area contributed by atoms with E-state index in [-0.39, 0.29) is 11.9 Å². The molecule has 1 saturated heterocycles. The van der Waals surface area contributed by atoms with Gasteiger partial charge in [0.1, 0.15) is 0 Å². The fourth-order valence-electron chi connectivity index (χ4n) is 2.69. The second kappa shape index (κ2) is 7.65. The van der Waals surface area contributed by atoms with E-state index in [2.05, 4.69) is 10.6 Å². The number of carbonyl (C=O) groups excluding carboxylic acids is 1. The lowest BCUT2D eigenvalue weighted by molar-refractivity contribution is -0.122. The summed E-state index contributed by atoms with van der Waals surface area (Å²) in [6.45, 7) is 3.06. The zero-order valence-electron chi connectivity index (χ0n) is 12.0. The third kappa shape index (κ3) is 4.50. The van der Waals surface area contributed by atoms with Crippen LogP contribution in [-0.2, 0) is 4.79 Å². The van der Waals surface area contributed by atoms with Gasteiger partial charge in [0.25, 0.3) is 0 Å². The summed E-state index contributed by atoms with van der Waals surface area (Å²) in [5.41, 5.74) is 0.971. The zero-order valence-corrected chi connectivity index (χ0v) is 12.7. The first-order valence-corrected chi connectivity index (χ1v) is 7.82. The Kier molecular flexibility index (Phi) is 5.86. The first-order chi connectivity index (χ1) is 9.66. The van der Waals surface area contributed by atoms with Gasteiger partial charge in [0.2, 0.25) is 5.91 Å². The van der Waals surface area contributed by atoms with Crippen LogP contribution < -0.4 is 10.6 Å². The molecule has 110 valence electrons. The molecular formula is C16H23ClN2O. The van der Waals surface area contributed by atoms with Crippen molar-refractivity contribution < 1.29 is 4.79 Å². The molecule has 2 atom stereocenters. The largest absolute Gasteiger partial charge is 0.350 e. The van der Waals surface area contributed by atoms with Crippen LogP contribution in [0.15, 0.2) is 24.3 Å². The van der Waals surface area contributed by atoms with Gasteiger partial charge >= 0.3 is 0 Å². The third-order valence-electron chi connectivity index (χ3n) is 3.88. The van der Waals surface area contributed by atoms with Crippen LogP contribution >= 0.6 is 11.6 Å². The molecule has 4 heteroatoms. The lowest BCUT2D eigenvalue weighted by Crippen LogP contribution is -2.35. The van der Waals surface area contributed by atoms with Gasteiger partial charge in [0.15, 0.2) is 0 Å². The van der Waals surface area contributed by atoms with E-state index in [1.54, 1.807) is 0 Å². The highest BCUT2D eigenvalue weighted by atomic mass is 35.5. The van der Waals surface area contributed by atoms with Gasteiger partial charge in [-0.2, -0.15) is 0 Å². The lowest BCUT2D eigenvalue weighted by Gasteiger charge is -2.23. The van der Waals surface area contributed by atoms with Crippen LogP contribution in [0.3, 0.4) is 0 Å². The van der Waals surface area contributed by atoms with Gasteiger partial charge < -0.3 is 10.6 Å². The Morgan fingerprint density at radius 3 is 2.95 bits per heavy atom. The van der Waals surface area contributed by atoms with Crippen molar-refractivity contribution in [3.63, 3.8) is 0 Å². The molecule has 1 aromatic rings. The van der Waals surface area contributed by atoms with Gasteiger partial charge in [-0.1, -0.05) is 36.2 Å². The van der Waals surface area contributed by atoms with E-state index in [0.717, 1.165) is 18.5 Å². The smallest absolute Gasteiger partial charge is 0.220 e. The molecule has 1 unspecified atom stereocenters. The minimum absolute atomic E-state index is 0.0458. The van der Waals surface area contributed by atoms with Crippen molar-refractivity contribution in [2.45, 2.75) is 51.1 Å². The Bertz CT molecular complexity index is 444. The molecule has 1 aliphatic rings.